The number of alkyl halides is 3. The van der Waals surface area contributed by atoms with Crippen LogP contribution < -0.4 is 5.32 Å². The molecule has 1 aliphatic heterocycles. The number of hydrogen-bond acceptors (Lipinski definition) is 4. The van der Waals surface area contributed by atoms with Crippen LogP contribution >= 0.6 is 11.8 Å². The van der Waals surface area contributed by atoms with Crippen LogP contribution in [0.3, 0.4) is 0 Å². The maximum absolute atomic E-state index is 12.0. The molecule has 0 bridgehead atoms. The van der Waals surface area contributed by atoms with Gasteiger partial charge in [0.05, 0.1) is 5.92 Å². The van der Waals surface area contributed by atoms with Gasteiger partial charge in [0.25, 0.3) is 0 Å². The number of nitrogens with zero attached hydrogens (tertiary/aromatic N) is 2. The lowest BCUT2D eigenvalue weighted by molar-refractivity contribution is -0.129. The van der Waals surface area contributed by atoms with Gasteiger partial charge in [-0.25, -0.2) is 0 Å². The van der Waals surface area contributed by atoms with E-state index in [2.05, 4.69) is 10.3 Å². The van der Waals surface area contributed by atoms with E-state index in [1.165, 1.54) is 0 Å². The van der Waals surface area contributed by atoms with Crippen LogP contribution in [-0.2, 0) is 16.1 Å². The molecule has 0 unspecified atom stereocenters. The zero-order chi connectivity index (χ0) is 16.9. The van der Waals surface area contributed by atoms with Crippen molar-refractivity contribution in [1.82, 2.24) is 15.2 Å². The number of pyridine rings is 1. The van der Waals surface area contributed by atoms with Crippen LogP contribution in [0.4, 0.5) is 13.2 Å². The molecule has 9 heteroatoms. The van der Waals surface area contributed by atoms with Crippen LogP contribution in [0.15, 0.2) is 24.5 Å². The number of carbonyl (C=O) groups excluding carboxylic acids is 2. The maximum atomic E-state index is 12.0. The van der Waals surface area contributed by atoms with Crippen LogP contribution in [0.25, 0.3) is 0 Å². The summed E-state index contributed by atoms with van der Waals surface area (Å²) in [5.74, 6) is -1.28. The molecule has 1 aromatic rings. The number of thioether (sulfide) groups is 1. The average molecular weight is 347 g/mol. The number of rotatable bonds is 6. The fraction of sp³-hybridized carbons (Fsp3) is 0.500. The Labute approximate surface area is 135 Å². The number of aromatic nitrogens is 1. The van der Waals surface area contributed by atoms with E-state index in [-0.39, 0.29) is 48.8 Å². The number of nitrogens with one attached hydrogen (secondary N) is 1. The van der Waals surface area contributed by atoms with E-state index in [1.54, 1.807) is 23.4 Å². The van der Waals surface area contributed by atoms with Gasteiger partial charge in [-0.3, -0.25) is 14.6 Å². The van der Waals surface area contributed by atoms with Crippen molar-refractivity contribution in [1.29, 1.82) is 0 Å². The molecule has 5 nitrogen and oxygen atoms in total. The first-order valence-electron chi connectivity index (χ1n) is 7.00. The Kier molecular flexibility index (Phi) is 5.86. The molecule has 0 aliphatic carbocycles. The molecule has 1 saturated heterocycles. The van der Waals surface area contributed by atoms with E-state index >= 15 is 0 Å². The molecule has 126 valence electrons. The SMILES string of the molecule is O=C(NCCSC(F)(F)F)[C@H]1CC(=O)N(Cc2cccnc2)C1. The molecule has 1 aromatic heterocycles. The molecule has 0 radical (unpaired) electrons. The molecule has 2 amide bonds. The molecular formula is C14H16F3N3O2S. The van der Waals surface area contributed by atoms with Gasteiger partial charge in [-0.15, -0.1) is 0 Å². The van der Waals surface area contributed by atoms with Crippen molar-refractivity contribution in [2.24, 2.45) is 5.92 Å². The van der Waals surface area contributed by atoms with Crippen molar-refractivity contribution in [3.05, 3.63) is 30.1 Å². The number of likely N-dealkylation sites (tertiary alicyclic amines) is 1. The standard InChI is InChI=1S/C14H16F3N3O2S/c15-14(16,17)23-5-4-19-13(22)11-6-12(21)20(9-11)8-10-2-1-3-18-7-10/h1-3,7,11H,4-6,8-9H2,(H,19,22)/t11-/m0/s1. The van der Waals surface area contributed by atoms with Gasteiger partial charge in [-0.2, -0.15) is 13.2 Å². The summed E-state index contributed by atoms with van der Waals surface area (Å²) in [6, 6.07) is 3.60. The summed E-state index contributed by atoms with van der Waals surface area (Å²) in [7, 11) is 0. The van der Waals surface area contributed by atoms with Gasteiger partial charge in [0.15, 0.2) is 0 Å². The molecule has 23 heavy (non-hydrogen) atoms. The van der Waals surface area contributed by atoms with Crippen molar-refractivity contribution >= 4 is 23.6 Å². The summed E-state index contributed by atoms with van der Waals surface area (Å²) in [5.41, 5.74) is -3.43. The van der Waals surface area contributed by atoms with E-state index in [9.17, 15) is 22.8 Å². The van der Waals surface area contributed by atoms with E-state index in [0.717, 1.165) is 5.56 Å². The average Bonchev–Trinajstić information content (AvgIpc) is 2.85. The molecule has 0 saturated carbocycles. The van der Waals surface area contributed by atoms with Crippen molar-refractivity contribution in [3.63, 3.8) is 0 Å². The summed E-state index contributed by atoms with van der Waals surface area (Å²) in [6.07, 6.45) is 3.36. The molecular weight excluding hydrogens is 331 g/mol. The summed E-state index contributed by atoms with van der Waals surface area (Å²) in [5, 5.41) is 2.45. The van der Waals surface area contributed by atoms with Crippen LogP contribution in [0.1, 0.15) is 12.0 Å². The van der Waals surface area contributed by atoms with Crippen LogP contribution in [0, 0.1) is 5.92 Å². The first-order valence-corrected chi connectivity index (χ1v) is 7.99. The van der Waals surface area contributed by atoms with Gasteiger partial charge in [0.1, 0.15) is 0 Å². The molecule has 1 aliphatic rings. The van der Waals surface area contributed by atoms with Gasteiger partial charge in [-0.05, 0) is 23.4 Å². The maximum Gasteiger partial charge on any atom is 0.441 e. The predicted octanol–water partition coefficient (Wildman–Crippen LogP) is 1.80. The van der Waals surface area contributed by atoms with Crippen molar-refractivity contribution in [3.8, 4) is 0 Å². The fourth-order valence-electron chi connectivity index (χ4n) is 2.30. The zero-order valence-corrected chi connectivity index (χ0v) is 13.0. The molecule has 2 heterocycles. The van der Waals surface area contributed by atoms with E-state index < -0.39 is 11.4 Å². The normalized spacial score (nSPS) is 18.3. The molecule has 1 atom stereocenters. The zero-order valence-electron chi connectivity index (χ0n) is 12.2. The van der Waals surface area contributed by atoms with Gasteiger partial charge in [-0.1, -0.05) is 6.07 Å². The second-order valence-corrected chi connectivity index (χ2v) is 6.28. The fourth-order valence-corrected chi connectivity index (χ4v) is 2.73. The molecule has 2 rings (SSSR count). The Balaban J connectivity index is 1.76. The third kappa shape index (κ3) is 5.74. The van der Waals surface area contributed by atoms with Crippen molar-refractivity contribution < 1.29 is 22.8 Å². The van der Waals surface area contributed by atoms with Gasteiger partial charge in [0, 0.05) is 44.2 Å². The smallest absolute Gasteiger partial charge is 0.355 e. The monoisotopic (exact) mass is 347 g/mol. The summed E-state index contributed by atoms with van der Waals surface area (Å²) in [6.45, 7) is 0.572. The summed E-state index contributed by atoms with van der Waals surface area (Å²) < 4.78 is 36.0. The number of halogens is 3. The van der Waals surface area contributed by atoms with Gasteiger partial charge in [0.2, 0.25) is 11.8 Å². The topological polar surface area (TPSA) is 62.3 Å². The lowest BCUT2D eigenvalue weighted by Crippen LogP contribution is -2.34. The highest BCUT2D eigenvalue weighted by atomic mass is 32.2. The highest BCUT2D eigenvalue weighted by molar-refractivity contribution is 8.00. The van der Waals surface area contributed by atoms with Crippen molar-refractivity contribution in [2.45, 2.75) is 18.5 Å². The highest BCUT2D eigenvalue weighted by Gasteiger charge is 2.34. The Morgan fingerprint density at radius 2 is 2.26 bits per heavy atom. The number of carbonyl (C=O) groups is 2. The quantitative estimate of drug-likeness (QED) is 0.797. The second-order valence-electron chi connectivity index (χ2n) is 5.12. The third-order valence-electron chi connectivity index (χ3n) is 3.35. The van der Waals surface area contributed by atoms with Crippen LogP contribution in [-0.4, -0.2) is 46.0 Å². The Morgan fingerprint density at radius 1 is 1.48 bits per heavy atom. The van der Waals surface area contributed by atoms with Crippen LogP contribution in [0.5, 0.6) is 0 Å². The van der Waals surface area contributed by atoms with E-state index in [0.29, 0.717) is 6.54 Å². The predicted molar refractivity (Wildman–Crippen MR) is 79.3 cm³/mol. The van der Waals surface area contributed by atoms with E-state index in [4.69, 9.17) is 0 Å². The van der Waals surface area contributed by atoms with E-state index in [1.807, 2.05) is 6.07 Å². The number of amides is 2. The first-order chi connectivity index (χ1) is 10.8. The van der Waals surface area contributed by atoms with Gasteiger partial charge < -0.3 is 10.2 Å². The Morgan fingerprint density at radius 3 is 2.91 bits per heavy atom. The second kappa shape index (κ2) is 7.67. The first kappa shape index (κ1) is 17.6. The van der Waals surface area contributed by atoms with Crippen molar-refractivity contribution in [2.75, 3.05) is 18.8 Å². The lowest BCUT2D eigenvalue weighted by Gasteiger charge is -2.16. The van der Waals surface area contributed by atoms with Crippen LogP contribution in [0.2, 0.25) is 0 Å². The van der Waals surface area contributed by atoms with Gasteiger partial charge >= 0.3 is 5.51 Å². The minimum absolute atomic E-state index is 0.0731. The minimum atomic E-state index is -4.30. The third-order valence-corrected chi connectivity index (χ3v) is 4.08. The largest absolute Gasteiger partial charge is 0.441 e. The minimum Gasteiger partial charge on any atom is -0.355 e. The number of hydrogen-bond donors (Lipinski definition) is 1. The molecule has 1 N–H and O–H groups in total. The molecule has 0 spiro atoms. The Hall–Kier alpha value is -1.77. The Bertz CT molecular complexity index is 554. The summed E-state index contributed by atoms with van der Waals surface area (Å²) >= 11 is -0.178. The lowest BCUT2D eigenvalue weighted by atomic mass is 10.1. The molecule has 0 aromatic carbocycles. The highest BCUT2D eigenvalue weighted by Crippen LogP contribution is 2.29. The molecule has 1 fully saturated rings. The summed E-state index contributed by atoms with van der Waals surface area (Å²) in [4.78, 5) is 29.4.